The number of nitrogens with one attached hydrogen (secondary N) is 2. The first-order valence-electron chi connectivity index (χ1n) is 6.03. The molecule has 0 aromatic carbocycles. The zero-order chi connectivity index (χ0) is 12.1. The normalized spacial score (nSPS) is 24.5. The van der Waals surface area contributed by atoms with Gasteiger partial charge in [-0.25, -0.2) is 0 Å². The van der Waals surface area contributed by atoms with Crippen molar-refractivity contribution in [2.75, 3.05) is 5.75 Å². The van der Waals surface area contributed by atoms with Crippen molar-refractivity contribution in [1.29, 1.82) is 0 Å². The molecule has 94 valence electrons. The molecular formula is C11H18N4OS. The molecule has 1 heterocycles. The second kappa shape index (κ2) is 6.05. The van der Waals surface area contributed by atoms with E-state index < -0.39 is 0 Å². The molecular weight excluding hydrogens is 236 g/mol. The molecule has 0 bridgehead atoms. The third kappa shape index (κ3) is 3.73. The number of thioether (sulfide) groups is 1. The molecule has 1 amide bonds. The van der Waals surface area contributed by atoms with Crippen LogP contribution in [0.2, 0.25) is 0 Å². The average Bonchev–Trinajstić information content (AvgIpc) is 2.82. The summed E-state index contributed by atoms with van der Waals surface area (Å²) in [5.41, 5.74) is 0. The number of hydrogen-bond donors (Lipinski definition) is 2. The molecule has 1 aromatic rings. The summed E-state index contributed by atoms with van der Waals surface area (Å²) in [6, 6.07) is 0.356. The van der Waals surface area contributed by atoms with Crippen LogP contribution >= 0.6 is 11.8 Å². The van der Waals surface area contributed by atoms with E-state index in [9.17, 15) is 4.79 Å². The number of carbonyl (C=O) groups is 1. The number of nitrogens with zero attached hydrogens (tertiary/aromatic N) is 2. The second-order valence-electron chi connectivity index (χ2n) is 4.53. The molecule has 1 aliphatic carbocycles. The van der Waals surface area contributed by atoms with Crippen molar-refractivity contribution in [3.63, 3.8) is 0 Å². The van der Waals surface area contributed by atoms with Gasteiger partial charge in [-0.1, -0.05) is 31.5 Å². The summed E-state index contributed by atoms with van der Waals surface area (Å²) in [6.45, 7) is 2.22. The summed E-state index contributed by atoms with van der Waals surface area (Å²) >= 11 is 1.41. The van der Waals surface area contributed by atoms with Crippen molar-refractivity contribution >= 4 is 17.7 Å². The molecule has 0 radical (unpaired) electrons. The van der Waals surface area contributed by atoms with E-state index in [0.717, 1.165) is 11.4 Å². The maximum absolute atomic E-state index is 11.8. The molecule has 0 saturated heterocycles. The van der Waals surface area contributed by atoms with Crippen molar-refractivity contribution < 1.29 is 4.79 Å². The third-order valence-corrected chi connectivity index (χ3v) is 4.10. The Hall–Kier alpha value is -1.04. The van der Waals surface area contributed by atoms with Crippen LogP contribution in [0.4, 0.5) is 0 Å². The minimum absolute atomic E-state index is 0.0942. The van der Waals surface area contributed by atoms with E-state index in [0.29, 0.717) is 17.7 Å². The molecule has 1 aromatic heterocycles. The Labute approximate surface area is 105 Å². The van der Waals surface area contributed by atoms with Crippen LogP contribution in [-0.2, 0) is 4.79 Å². The Morgan fingerprint density at radius 2 is 2.41 bits per heavy atom. The number of H-pyrrole nitrogens is 1. The Morgan fingerprint density at radius 1 is 1.59 bits per heavy atom. The topological polar surface area (TPSA) is 70.7 Å². The van der Waals surface area contributed by atoms with Gasteiger partial charge in [0, 0.05) is 6.04 Å². The van der Waals surface area contributed by atoms with Crippen molar-refractivity contribution in [3.8, 4) is 0 Å². The van der Waals surface area contributed by atoms with Gasteiger partial charge in [0.25, 0.3) is 0 Å². The van der Waals surface area contributed by atoms with Crippen molar-refractivity contribution in [1.82, 2.24) is 20.7 Å². The van der Waals surface area contributed by atoms with Crippen LogP contribution in [0.1, 0.15) is 32.6 Å². The lowest BCUT2D eigenvalue weighted by Gasteiger charge is -2.29. The Morgan fingerprint density at radius 3 is 3.12 bits per heavy atom. The van der Waals surface area contributed by atoms with Gasteiger partial charge in [-0.2, -0.15) is 10.3 Å². The summed E-state index contributed by atoms with van der Waals surface area (Å²) in [6.07, 6.45) is 6.48. The molecule has 1 saturated carbocycles. The molecule has 17 heavy (non-hydrogen) atoms. The number of amides is 1. The molecule has 5 nitrogen and oxygen atoms in total. The highest BCUT2D eigenvalue weighted by molar-refractivity contribution is 7.99. The standard InChI is InChI=1S/C11H18N4OS/c1-8-4-2-3-5-9(8)13-10(16)7-17-11-6-12-15-14-11/h6,8-9H,2-5,7H2,1H3,(H,13,16)(H,12,14,15)/t8-,9-/m1/s1. The lowest BCUT2D eigenvalue weighted by molar-refractivity contribution is -0.119. The SMILES string of the molecule is C[C@@H]1CCCC[C@H]1NC(=O)CSc1cn[nH]n1. The predicted molar refractivity (Wildman–Crippen MR) is 66.7 cm³/mol. The van der Waals surface area contributed by atoms with Crippen LogP contribution in [0, 0.1) is 5.92 Å². The van der Waals surface area contributed by atoms with E-state index in [1.54, 1.807) is 6.20 Å². The molecule has 0 spiro atoms. The van der Waals surface area contributed by atoms with Crippen LogP contribution in [-0.4, -0.2) is 33.1 Å². The fourth-order valence-corrected chi connectivity index (χ4v) is 2.77. The first-order valence-corrected chi connectivity index (χ1v) is 7.02. The van der Waals surface area contributed by atoms with Gasteiger partial charge in [0.2, 0.25) is 5.91 Å². The molecule has 1 fully saturated rings. The summed E-state index contributed by atoms with van der Waals surface area (Å²) in [5.74, 6) is 1.11. The summed E-state index contributed by atoms with van der Waals surface area (Å²) in [7, 11) is 0. The molecule has 0 unspecified atom stereocenters. The zero-order valence-electron chi connectivity index (χ0n) is 9.98. The number of hydrogen-bond acceptors (Lipinski definition) is 4. The molecule has 6 heteroatoms. The lowest BCUT2D eigenvalue weighted by Crippen LogP contribution is -2.41. The minimum Gasteiger partial charge on any atom is -0.352 e. The van der Waals surface area contributed by atoms with Crippen molar-refractivity contribution in [2.45, 2.75) is 43.7 Å². The number of aromatic nitrogens is 3. The van der Waals surface area contributed by atoms with Crippen LogP contribution in [0.5, 0.6) is 0 Å². The fourth-order valence-electron chi connectivity index (χ4n) is 2.18. The summed E-state index contributed by atoms with van der Waals surface area (Å²) in [4.78, 5) is 11.8. The second-order valence-corrected chi connectivity index (χ2v) is 5.53. The van der Waals surface area contributed by atoms with Crippen LogP contribution in [0.3, 0.4) is 0 Å². The highest BCUT2D eigenvalue weighted by atomic mass is 32.2. The maximum Gasteiger partial charge on any atom is 0.230 e. The molecule has 1 aliphatic rings. The van der Waals surface area contributed by atoms with Gasteiger partial charge in [0.05, 0.1) is 11.9 Å². The first-order chi connectivity index (χ1) is 8.25. The van der Waals surface area contributed by atoms with Crippen molar-refractivity contribution in [2.24, 2.45) is 5.92 Å². The van der Waals surface area contributed by atoms with Gasteiger partial charge in [0.1, 0.15) is 5.03 Å². The average molecular weight is 254 g/mol. The Kier molecular flexibility index (Phi) is 4.42. The largest absolute Gasteiger partial charge is 0.352 e. The van der Waals surface area contributed by atoms with E-state index in [1.807, 2.05) is 0 Å². The third-order valence-electron chi connectivity index (χ3n) is 3.20. The van der Waals surface area contributed by atoms with Crippen LogP contribution < -0.4 is 5.32 Å². The number of carbonyl (C=O) groups excluding carboxylic acids is 1. The van der Waals surface area contributed by atoms with E-state index in [1.165, 1.54) is 31.0 Å². The Balaban J connectivity index is 1.73. The van der Waals surface area contributed by atoms with E-state index in [2.05, 4.69) is 27.7 Å². The maximum atomic E-state index is 11.8. The minimum atomic E-state index is 0.0942. The predicted octanol–water partition coefficient (Wildman–Crippen LogP) is 1.59. The van der Waals surface area contributed by atoms with E-state index in [4.69, 9.17) is 0 Å². The fraction of sp³-hybridized carbons (Fsp3) is 0.727. The van der Waals surface area contributed by atoms with Gasteiger partial charge < -0.3 is 5.32 Å². The van der Waals surface area contributed by atoms with Crippen LogP contribution in [0.25, 0.3) is 0 Å². The lowest BCUT2D eigenvalue weighted by atomic mass is 9.86. The van der Waals surface area contributed by atoms with Gasteiger partial charge in [-0.05, 0) is 18.8 Å². The Bertz CT molecular complexity index is 354. The zero-order valence-corrected chi connectivity index (χ0v) is 10.8. The van der Waals surface area contributed by atoms with E-state index in [-0.39, 0.29) is 5.91 Å². The van der Waals surface area contributed by atoms with Crippen LogP contribution in [0.15, 0.2) is 11.2 Å². The first kappa shape index (κ1) is 12.4. The molecule has 0 aliphatic heterocycles. The van der Waals surface area contributed by atoms with Gasteiger partial charge in [-0.15, -0.1) is 5.10 Å². The smallest absolute Gasteiger partial charge is 0.230 e. The number of aromatic amines is 1. The van der Waals surface area contributed by atoms with Gasteiger partial charge >= 0.3 is 0 Å². The van der Waals surface area contributed by atoms with Crippen molar-refractivity contribution in [3.05, 3.63) is 6.20 Å². The monoisotopic (exact) mass is 254 g/mol. The quantitative estimate of drug-likeness (QED) is 0.801. The number of rotatable bonds is 4. The van der Waals surface area contributed by atoms with Gasteiger partial charge in [0.15, 0.2) is 0 Å². The van der Waals surface area contributed by atoms with E-state index >= 15 is 0 Å². The summed E-state index contributed by atoms with van der Waals surface area (Å²) in [5, 5.41) is 14.0. The highest BCUT2D eigenvalue weighted by Gasteiger charge is 2.22. The highest BCUT2D eigenvalue weighted by Crippen LogP contribution is 2.23. The van der Waals surface area contributed by atoms with Gasteiger partial charge in [-0.3, -0.25) is 4.79 Å². The molecule has 2 N–H and O–H groups in total. The molecule has 2 atom stereocenters. The summed E-state index contributed by atoms with van der Waals surface area (Å²) < 4.78 is 0. The molecule has 2 rings (SSSR count).